The third-order valence-corrected chi connectivity index (χ3v) is 6.08. The molecule has 0 amide bonds. The minimum absolute atomic E-state index is 0.0605. The summed E-state index contributed by atoms with van der Waals surface area (Å²) in [6.07, 6.45) is 1.84. The maximum atomic E-state index is 13.1. The SMILES string of the molecule is Cc1ccc(-n2c(=C(C#N)C#N)s/c(=C\c3sccc3C)c2=O)c(C)c1. The first-order valence-corrected chi connectivity index (χ1v) is 9.55. The summed E-state index contributed by atoms with van der Waals surface area (Å²) in [5.74, 6) is 0. The summed E-state index contributed by atoms with van der Waals surface area (Å²) in [5.41, 5.74) is 3.51. The number of hydrogen-bond donors (Lipinski definition) is 0. The molecule has 0 radical (unpaired) electrons. The average molecular weight is 377 g/mol. The Morgan fingerprint density at radius 3 is 2.42 bits per heavy atom. The van der Waals surface area contributed by atoms with Crippen molar-refractivity contribution < 1.29 is 0 Å². The van der Waals surface area contributed by atoms with E-state index in [1.807, 2.05) is 68.6 Å². The van der Waals surface area contributed by atoms with Gasteiger partial charge in [0.05, 0.1) is 10.2 Å². The van der Waals surface area contributed by atoms with Gasteiger partial charge in [0.2, 0.25) is 0 Å². The van der Waals surface area contributed by atoms with Gasteiger partial charge in [0.25, 0.3) is 5.56 Å². The number of nitrogens with zero attached hydrogens (tertiary/aromatic N) is 3. The molecule has 0 aliphatic rings. The number of benzene rings is 1. The fourth-order valence-corrected chi connectivity index (χ4v) is 4.66. The molecule has 3 rings (SSSR count). The Morgan fingerprint density at radius 2 is 1.85 bits per heavy atom. The van der Waals surface area contributed by atoms with Crippen LogP contribution in [0, 0.1) is 43.4 Å². The Kier molecular flexibility index (Phi) is 4.90. The number of aromatic nitrogens is 1. The highest BCUT2D eigenvalue weighted by molar-refractivity contribution is 7.11. The Hall–Kier alpha value is -2.93. The smallest absolute Gasteiger partial charge is 0.267 e. The average Bonchev–Trinajstić information content (AvgIpc) is 3.14. The summed E-state index contributed by atoms with van der Waals surface area (Å²) in [4.78, 5) is 14.1. The van der Waals surface area contributed by atoms with E-state index in [0.717, 1.165) is 21.6 Å². The minimum Gasteiger partial charge on any atom is -0.267 e. The molecule has 0 unspecified atom stereocenters. The van der Waals surface area contributed by atoms with Crippen LogP contribution in [0.5, 0.6) is 0 Å². The van der Waals surface area contributed by atoms with Gasteiger partial charge in [0.15, 0.2) is 5.57 Å². The van der Waals surface area contributed by atoms with Crippen LogP contribution in [0.3, 0.4) is 0 Å². The van der Waals surface area contributed by atoms with Crippen molar-refractivity contribution in [1.29, 1.82) is 10.5 Å². The quantitative estimate of drug-likeness (QED) is 0.689. The molecule has 0 saturated carbocycles. The Morgan fingerprint density at radius 1 is 1.12 bits per heavy atom. The lowest BCUT2D eigenvalue weighted by atomic mass is 10.1. The third-order valence-electron chi connectivity index (χ3n) is 4.02. The third kappa shape index (κ3) is 3.13. The summed E-state index contributed by atoms with van der Waals surface area (Å²) in [5, 5.41) is 20.7. The van der Waals surface area contributed by atoms with E-state index in [1.165, 1.54) is 15.9 Å². The van der Waals surface area contributed by atoms with Gasteiger partial charge in [0.1, 0.15) is 16.8 Å². The normalized spacial score (nSPS) is 11.2. The van der Waals surface area contributed by atoms with Gasteiger partial charge in [-0.2, -0.15) is 10.5 Å². The molecule has 4 nitrogen and oxygen atoms in total. The zero-order valence-corrected chi connectivity index (χ0v) is 16.2. The number of thiophene rings is 1. The fourth-order valence-electron chi connectivity index (χ4n) is 2.70. The highest BCUT2D eigenvalue weighted by atomic mass is 32.1. The van der Waals surface area contributed by atoms with Gasteiger partial charge in [-0.15, -0.1) is 22.7 Å². The van der Waals surface area contributed by atoms with Crippen molar-refractivity contribution in [3.63, 3.8) is 0 Å². The van der Waals surface area contributed by atoms with Crippen LogP contribution in [0.25, 0.3) is 17.3 Å². The molecule has 0 fully saturated rings. The molecule has 0 N–H and O–H groups in total. The predicted molar refractivity (Wildman–Crippen MR) is 106 cm³/mol. The second kappa shape index (κ2) is 7.13. The lowest BCUT2D eigenvalue weighted by Crippen LogP contribution is -2.31. The number of aryl methyl sites for hydroxylation is 3. The summed E-state index contributed by atoms with van der Waals surface area (Å²) < 4.78 is 2.36. The van der Waals surface area contributed by atoms with Crippen molar-refractivity contribution in [1.82, 2.24) is 4.57 Å². The van der Waals surface area contributed by atoms with Crippen LogP contribution >= 0.6 is 22.7 Å². The molecule has 2 heterocycles. The van der Waals surface area contributed by atoms with E-state index in [4.69, 9.17) is 0 Å². The summed E-state index contributed by atoms with van der Waals surface area (Å²) in [7, 11) is 0. The van der Waals surface area contributed by atoms with E-state index in [9.17, 15) is 15.3 Å². The highest BCUT2D eigenvalue weighted by Crippen LogP contribution is 2.16. The number of hydrogen-bond acceptors (Lipinski definition) is 5. The molecule has 3 aromatic rings. The van der Waals surface area contributed by atoms with E-state index in [2.05, 4.69) is 0 Å². The van der Waals surface area contributed by atoms with Crippen LogP contribution in [-0.2, 0) is 0 Å². The predicted octanol–water partition coefficient (Wildman–Crippen LogP) is 2.91. The summed E-state index contributed by atoms with van der Waals surface area (Å²) in [6, 6.07) is 11.6. The van der Waals surface area contributed by atoms with Crippen LogP contribution in [0.4, 0.5) is 0 Å². The molecule has 0 aliphatic heterocycles. The number of rotatable bonds is 2. The molecular formula is C20H15N3OS2. The van der Waals surface area contributed by atoms with Gasteiger partial charge in [-0.3, -0.25) is 9.36 Å². The van der Waals surface area contributed by atoms with Gasteiger partial charge in [-0.1, -0.05) is 17.7 Å². The van der Waals surface area contributed by atoms with Crippen LogP contribution in [0.1, 0.15) is 21.6 Å². The van der Waals surface area contributed by atoms with Crippen LogP contribution in [-0.4, -0.2) is 4.57 Å². The molecule has 6 heteroatoms. The van der Waals surface area contributed by atoms with E-state index in [0.29, 0.717) is 14.9 Å². The Bertz CT molecular complexity index is 1240. The minimum atomic E-state index is -0.215. The second-order valence-corrected chi connectivity index (χ2v) is 7.89. The molecule has 0 bridgehead atoms. The lowest BCUT2D eigenvalue weighted by Gasteiger charge is -2.07. The van der Waals surface area contributed by atoms with E-state index >= 15 is 0 Å². The second-order valence-electron chi connectivity index (χ2n) is 5.91. The fraction of sp³-hybridized carbons (Fsp3) is 0.150. The van der Waals surface area contributed by atoms with Crippen molar-refractivity contribution in [2.75, 3.05) is 0 Å². The first kappa shape index (κ1) is 17.9. The van der Waals surface area contributed by atoms with Crippen molar-refractivity contribution in [3.05, 3.63) is 70.8 Å². The van der Waals surface area contributed by atoms with Crippen molar-refractivity contribution in [3.8, 4) is 17.8 Å². The number of nitriles is 2. The molecule has 1 aromatic carbocycles. The van der Waals surface area contributed by atoms with Crippen molar-refractivity contribution in [2.45, 2.75) is 20.8 Å². The molecular weight excluding hydrogens is 362 g/mol. The van der Waals surface area contributed by atoms with Gasteiger partial charge >= 0.3 is 0 Å². The van der Waals surface area contributed by atoms with Crippen molar-refractivity contribution >= 4 is 34.3 Å². The maximum absolute atomic E-state index is 13.1. The molecule has 0 aliphatic carbocycles. The molecule has 0 spiro atoms. The van der Waals surface area contributed by atoms with Crippen LogP contribution < -0.4 is 14.8 Å². The van der Waals surface area contributed by atoms with Gasteiger partial charge < -0.3 is 0 Å². The molecule has 2 aromatic heterocycles. The Balaban J connectivity index is 2.45. The number of thiazole rings is 1. The lowest BCUT2D eigenvalue weighted by molar-refractivity contribution is 0.973. The summed E-state index contributed by atoms with van der Waals surface area (Å²) >= 11 is 2.73. The maximum Gasteiger partial charge on any atom is 0.273 e. The van der Waals surface area contributed by atoms with E-state index in [-0.39, 0.29) is 11.1 Å². The zero-order valence-electron chi connectivity index (χ0n) is 14.5. The summed E-state index contributed by atoms with van der Waals surface area (Å²) in [6.45, 7) is 5.89. The van der Waals surface area contributed by atoms with Gasteiger partial charge in [-0.05, 0) is 55.5 Å². The van der Waals surface area contributed by atoms with Crippen molar-refractivity contribution in [2.24, 2.45) is 0 Å². The van der Waals surface area contributed by atoms with Gasteiger partial charge in [0, 0.05) is 4.88 Å². The standard InChI is InChI=1S/C20H15N3OS2/c1-12-4-5-16(14(3)8-12)23-19(24)18(9-17-13(2)6-7-25-17)26-20(23)15(10-21)11-22/h4-9H,1-3H3/b18-9-. The first-order chi connectivity index (χ1) is 12.5. The highest BCUT2D eigenvalue weighted by Gasteiger charge is 2.13. The topological polar surface area (TPSA) is 69.6 Å². The molecule has 26 heavy (non-hydrogen) atoms. The monoisotopic (exact) mass is 377 g/mol. The van der Waals surface area contributed by atoms with E-state index in [1.54, 1.807) is 11.3 Å². The van der Waals surface area contributed by atoms with Crippen LogP contribution in [0.2, 0.25) is 0 Å². The molecule has 0 atom stereocenters. The van der Waals surface area contributed by atoms with Gasteiger partial charge in [-0.25, -0.2) is 0 Å². The van der Waals surface area contributed by atoms with E-state index < -0.39 is 0 Å². The largest absolute Gasteiger partial charge is 0.273 e. The first-order valence-electron chi connectivity index (χ1n) is 7.86. The molecule has 128 valence electrons. The zero-order chi connectivity index (χ0) is 18.8. The molecule has 0 saturated heterocycles. The Labute approximate surface area is 158 Å². The van der Waals surface area contributed by atoms with Crippen LogP contribution in [0.15, 0.2) is 34.4 Å².